The first-order chi connectivity index (χ1) is 7.72. The van der Waals surface area contributed by atoms with Gasteiger partial charge in [0.2, 0.25) is 0 Å². The number of aryl methyl sites for hydroxylation is 1. The molecule has 0 bridgehead atoms. The molecule has 0 aliphatic heterocycles. The van der Waals surface area contributed by atoms with Gasteiger partial charge in [0, 0.05) is 30.7 Å². The minimum atomic E-state index is 0.462. The van der Waals surface area contributed by atoms with Gasteiger partial charge in [0.05, 0.1) is 12.6 Å². The Morgan fingerprint density at radius 2 is 2.12 bits per heavy atom. The number of para-hydroxylation sites is 1. The predicted molar refractivity (Wildman–Crippen MR) is 64.9 cm³/mol. The number of benzene rings is 1. The summed E-state index contributed by atoms with van der Waals surface area (Å²) in [5.74, 6) is 0. The summed E-state index contributed by atoms with van der Waals surface area (Å²) in [6.45, 7) is 1.28. The largest absolute Gasteiger partial charge is 0.350 e. The highest BCUT2D eigenvalue weighted by Crippen LogP contribution is 2.21. The zero-order valence-electron chi connectivity index (χ0n) is 9.64. The molecule has 0 unspecified atom stereocenters. The molecule has 82 valence electrons. The van der Waals surface area contributed by atoms with E-state index in [1.54, 1.807) is 0 Å². The first-order valence-corrected chi connectivity index (χ1v) is 5.31. The first kappa shape index (κ1) is 10.7. The summed E-state index contributed by atoms with van der Waals surface area (Å²) in [5, 5.41) is 9.91. The van der Waals surface area contributed by atoms with Gasteiger partial charge in [-0.05, 0) is 18.7 Å². The van der Waals surface area contributed by atoms with Gasteiger partial charge in [0.1, 0.15) is 0 Å². The molecule has 0 spiro atoms. The van der Waals surface area contributed by atoms with Crippen molar-refractivity contribution < 1.29 is 0 Å². The highest BCUT2D eigenvalue weighted by molar-refractivity contribution is 5.83. The van der Waals surface area contributed by atoms with E-state index in [0.29, 0.717) is 6.54 Å². The van der Waals surface area contributed by atoms with Crippen LogP contribution >= 0.6 is 0 Å². The third kappa shape index (κ3) is 1.93. The van der Waals surface area contributed by atoms with E-state index in [-0.39, 0.29) is 0 Å². The molecule has 16 heavy (non-hydrogen) atoms. The van der Waals surface area contributed by atoms with Crippen LogP contribution in [0.2, 0.25) is 0 Å². The zero-order chi connectivity index (χ0) is 11.5. The molecular formula is C13H15N3. The lowest BCUT2D eigenvalue weighted by Crippen LogP contribution is -2.17. The Morgan fingerprint density at radius 3 is 2.88 bits per heavy atom. The number of rotatable bonds is 3. The van der Waals surface area contributed by atoms with Crippen molar-refractivity contribution in [1.29, 1.82) is 5.26 Å². The van der Waals surface area contributed by atoms with Gasteiger partial charge in [-0.2, -0.15) is 5.26 Å². The molecule has 2 rings (SSSR count). The SMILES string of the molecule is CN(CC#N)Cc1cn(C)c2ccccc12. The normalized spacial score (nSPS) is 10.9. The lowest BCUT2D eigenvalue weighted by molar-refractivity contribution is 0.368. The summed E-state index contributed by atoms with van der Waals surface area (Å²) in [6, 6.07) is 10.5. The molecule has 0 amide bonds. The first-order valence-electron chi connectivity index (χ1n) is 5.31. The molecule has 2 aromatic rings. The average Bonchev–Trinajstić information content (AvgIpc) is 2.57. The van der Waals surface area contributed by atoms with Crippen molar-refractivity contribution in [3.8, 4) is 6.07 Å². The van der Waals surface area contributed by atoms with E-state index < -0.39 is 0 Å². The van der Waals surface area contributed by atoms with Gasteiger partial charge in [-0.3, -0.25) is 4.90 Å². The fraction of sp³-hybridized carbons (Fsp3) is 0.308. The van der Waals surface area contributed by atoms with E-state index in [4.69, 9.17) is 5.26 Å². The molecule has 0 N–H and O–H groups in total. The summed E-state index contributed by atoms with van der Waals surface area (Å²) >= 11 is 0. The molecular weight excluding hydrogens is 198 g/mol. The molecule has 0 aliphatic carbocycles. The molecule has 1 aromatic heterocycles. The van der Waals surface area contributed by atoms with Gasteiger partial charge >= 0.3 is 0 Å². The van der Waals surface area contributed by atoms with Crippen LogP contribution in [0.4, 0.5) is 0 Å². The molecule has 0 aliphatic rings. The number of nitrogens with zero attached hydrogens (tertiary/aromatic N) is 3. The van der Waals surface area contributed by atoms with E-state index >= 15 is 0 Å². The smallest absolute Gasteiger partial charge is 0.0866 e. The van der Waals surface area contributed by atoms with Crippen molar-refractivity contribution >= 4 is 10.9 Å². The van der Waals surface area contributed by atoms with Crippen molar-refractivity contribution in [3.05, 3.63) is 36.0 Å². The number of aromatic nitrogens is 1. The van der Waals surface area contributed by atoms with Crippen LogP contribution in [0, 0.1) is 11.3 Å². The summed E-state index contributed by atoms with van der Waals surface area (Å²) in [5.41, 5.74) is 2.51. The van der Waals surface area contributed by atoms with Crippen molar-refractivity contribution in [3.63, 3.8) is 0 Å². The third-order valence-corrected chi connectivity index (χ3v) is 2.76. The van der Waals surface area contributed by atoms with Crippen molar-refractivity contribution in [2.75, 3.05) is 13.6 Å². The maximum atomic E-state index is 8.64. The Bertz CT molecular complexity index is 534. The molecule has 1 heterocycles. The predicted octanol–water partition coefficient (Wildman–Crippen LogP) is 2.13. The van der Waals surface area contributed by atoms with Gasteiger partial charge in [-0.15, -0.1) is 0 Å². The van der Waals surface area contributed by atoms with Gasteiger partial charge in [-0.25, -0.2) is 0 Å². The van der Waals surface area contributed by atoms with Crippen LogP contribution in [0.25, 0.3) is 10.9 Å². The molecule has 3 heteroatoms. The minimum absolute atomic E-state index is 0.462. The van der Waals surface area contributed by atoms with E-state index in [1.165, 1.54) is 16.5 Å². The van der Waals surface area contributed by atoms with Gasteiger partial charge in [0.15, 0.2) is 0 Å². The lowest BCUT2D eigenvalue weighted by atomic mass is 10.2. The van der Waals surface area contributed by atoms with Crippen LogP contribution in [0.5, 0.6) is 0 Å². The minimum Gasteiger partial charge on any atom is -0.350 e. The van der Waals surface area contributed by atoms with Crippen LogP contribution in [0.1, 0.15) is 5.56 Å². The number of fused-ring (bicyclic) bond motifs is 1. The van der Waals surface area contributed by atoms with Gasteiger partial charge in [-0.1, -0.05) is 18.2 Å². The van der Waals surface area contributed by atoms with Gasteiger partial charge < -0.3 is 4.57 Å². The number of hydrogen-bond donors (Lipinski definition) is 0. The van der Waals surface area contributed by atoms with Crippen LogP contribution in [0.15, 0.2) is 30.5 Å². The Labute approximate surface area is 95.5 Å². The van der Waals surface area contributed by atoms with Crippen molar-refractivity contribution in [2.24, 2.45) is 7.05 Å². The van der Waals surface area contributed by atoms with Crippen molar-refractivity contribution in [2.45, 2.75) is 6.54 Å². The maximum Gasteiger partial charge on any atom is 0.0866 e. The van der Waals surface area contributed by atoms with E-state index in [0.717, 1.165) is 6.54 Å². The molecule has 0 atom stereocenters. The average molecular weight is 213 g/mol. The van der Waals surface area contributed by atoms with Gasteiger partial charge in [0.25, 0.3) is 0 Å². The maximum absolute atomic E-state index is 8.64. The van der Waals surface area contributed by atoms with E-state index in [2.05, 4.69) is 42.1 Å². The second-order valence-corrected chi connectivity index (χ2v) is 4.11. The summed E-state index contributed by atoms with van der Waals surface area (Å²) in [7, 11) is 4.01. The third-order valence-electron chi connectivity index (χ3n) is 2.76. The lowest BCUT2D eigenvalue weighted by Gasteiger charge is -2.10. The number of hydrogen-bond acceptors (Lipinski definition) is 2. The Kier molecular flexibility index (Phi) is 2.93. The second kappa shape index (κ2) is 4.38. The summed E-state index contributed by atoms with van der Waals surface area (Å²) < 4.78 is 2.13. The van der Waals surface area contributed by atoms with Crippen LogP contribution in [-0.2, 0) is 13.6 Å². The molecule has 3 nitrogen and oxygen atoms in total. The standard InChI is InChI=1S/C13H15N3/c1-15(8-7-14)9-11-10-16(2)13-6-4-3-5-12(11)13/h3-6,10H,8-9H2,1-2H3. The van der Waals surface area contributed by atoms with Crippen LogP contribution < -0.4 is 0 Å². The van der Waals surface area contributed by atoms with Crippen LogP contribution in [0.3, 0.4) is 0 Å². The quantitative estimate of drug-likeness (QED) is 0.731. The zero-order valence-corrected chi connectivity index (χ0v) is 9.64. The van der Waals surface area contributed by atoms with Crippen LogP contribution in [-0.4, -0.2) is 23.1 Å². The molecule has 1 aromatic carbocycles. The Balaban J connectivity index is 2.35. The summed E-state index contributed by atoms with van der Waals surface area (Å²) in [4.78, 5) is 2.02. The summed E-state index contributed by atoms with van der Waals surface area (Å²) in [6.07, 6.45) is 2.14. The highest BCUT2D eigenvalue weighted by atomic mass is 15.1. The number of nitriles is 1. The topological polar surface area (TPSA) is 32.0 Å². The Morgan fingerprint density at radius 1 is 1.38 bits per heavy atom. The Hall–Kier alpha value is -1.79. The fourth-order valence-electron chi connectivity index (χ4n) is 2.02. The van der Waals surface area contributed by atoms with E-state index in [1.807, 2.05) is 18.0 Å². The molecule has 0 saturated heterocycles. The highest BCUT2D eigenvalue weighted by Gasteiger charge is 2.07. The van der Waals surface area contributed by atoms with E-state index in [9.17, 15) is 0 Å². The van der Waals surface area contributed by atoms with Crippen molar-refractivity contribution in [1.82, 2.24) is 9.47 Å². The molecule has 0 radical (unpaired) electrons. The molecule has 0 saturated carbocycles. The molecule has 0 fully saturated rings. The fourth-order valence-corrected chi connectivity index (χ4v) is 2.02. The monoisotopic (exact) mass is 213 g/mol. The second-order valence-electron chi connectivity index (χ2n) is 4.11.